The molecule has 0 aromatic heterocycles. The van der Waals surface area contributed by atoms with E-state index >= 15 is 0 Å². The highest BCUT2D eigenvalue weighted by atomic mass is 79.9. The van der Waals surface area contributed by atoms with Gasteiger partial charge in [0.05, 0.1) is 16.3 Å². The van der Waals surface area contributed by atoms with Crippen LogP contribution < -0.4 is 5.32 Å². The van der Waals surface area contributed by atoms with Crippen molar-refractivity contribution in [1.29, 1.82) is 0 Å². The molecule has 1 fully saturated rings. The zero-order chi connectivity index (χ0) is 17.4. The van der Waals surface area contributed by atoms with Crippen LogP contribution in [0, 0.1) is 17.7 Å². The van der Waals surface area contributed by atoms with Crippen LogP contribution >= 0.6 is 15.9 Å². The number of carbonyl (C=O) groups excluding carboxylic acids is 1. The summed E-state index contributed by atoms with van der Waals surface area (Å²) >= 11 is 2.92. The van der Waals surface area contributed by atoms with Gasteiger partial charge in [0, 0.05) is 18.8 Å². The summed E-state index contributed by atoms with van der Waals surface area (Å²) in [6.07, 6.45) is -4.71. The van der Waals surface area contributed by atoms with Crippen LogP contribution in [0.3, 0.4) is 0 Å². The van der Waals surface area contributed by atoms with Crippen LogP contribution in [0.25, 0.3) is 0 Å². The van der Waals surface area contributed by atoms with Gasteiger partial charge in [-0.3, -0.25) is 4.79 Å². The highest BCUT2D eigenvalue weighted by molar-refractivity contribution is 9.10. The molecular formula is C13H11BrF4N2O3. The molecule has 5 nitrogen and oxygen atoms in total. The number of rotatable bonds is 2. The summed E-state index contributed by atoms with van der Waals surface area (Å²) in [4.78, 5) is 23.7. The first kappa shape index (κ1) is 17.5. The first-order chi connectivity index (χ1) is 10.6. The first-order valence-electron chi connectivity index (χ1n) is 6.40. The van der Waals surface area contributed by atoms with Crippen LogP contribution in [-0.2, 0) is 4.79 Å². The number of hydrogen-bond donors (Lipinski definition) is 2. The molecule has 0 unspecified atom stereocenters. The Morgan fingerprint density at radius 1 is 1.30 bits per heavy atom. The number of alkyl halides is 3. The molecule has 0 spiro atoms. The largest absolute Gasteiger partial charge is 0.481 e. The maximum atomic E-state index is 13.1. The van der Waals surface area contributed by atoms with Crippen LogP contribution in [0.5, 0.6) is 0 Å². The van der Waals surface area contributed by atoms with Gasteiger partial charge in [-0.05, 0) is 34.1 Å². The van der Waals surface area contributed by atoms with E-state index in [1.807, 2.05) is 0 Å². The van der Waals surface area contributed by atoms with E-state index in [1.165, 1.54) is 12.1 Å². The lowest BCUT2D eigenvalue weighted by molar-refractivity contribution is -0.187. The number of urea groups is 1. The van der Waals surface area contributed by atoms with E-state index in [0.29, 0.717) is 0 Å². The molecule has 2 rings (SSSR count). The first-order valence-corrected chi connectivity index (χ1v) is 7.19. The van der Waals surface area contributed by atoms with E-state index in [0.717, 1.165) is 11.0 Å². The summed E-state index contributed by atoms with van der Waals surface area (Å²) in [6.45, 7) is -1.29. The van der Waals surface area contributed by atoms with Crippen molar-refractivity contribution in [1.82, 2.24) is 4.90 Å². The van der Waals surface area contributed by atoms with Crippen molar-refractivity contribution in [2.45, 2.75) is 6.18 Å². The molecule has 126 valence electrons. The fourth-order valence-electron chi connectivity index (χ4n) is 2.33. The van der Waals surface area contributed by atoms with Gasteiger partial charge in [-0.2, -0.15) is 13.2 Å². The van der Waals surface area contributed by atoms with Crippen molar-refractivity contribution in [2.75, 3.05) is 18.4 Å². The molecule has 1 heterocycles. The van der Waals surface area contributed by atoms with Gasteiger partial charge in [0.1, 0.15) is 5.82 Å². The fourth-order valence-corrected chi connectivity index (χ4v) is 2.71. The second-order valence-electron chi connectivity index (χ2n) is 5.06. The Bertz CT molecular complexity index is 638. The quantitative estimate of drug-likeness (QED) is 0.750. The van der Waals surface area contributed by atoms with Gasteiger partial charge < -0.3 is 15.3 Å². The molecule has 1 saturated heterocycles. The Balaban J connectivity index is 2.11. The number of halogens is 5. The highest BCUT2D eigenvalue weighted by Gasteiger charge is 2.53. The van der Waals surface area contributed by atoms with E-state index in [-0.39, 0.29) is 10.2 Å². The number of aliphatic carboxylic acids is 1. The van der Waals surface area contributed by atoms with Gasteiger partial charge in [-0.1, -0.05) is 0 Å². The topological polar surface area (TPSA) is 69.6 Å². The van der Waals surface area contributed by atoms with Gasteiger partial charge in [0.25, 0.3) is 0 Å². The van der Waals surface area contributed by atoms with Crippen LogP contribution in [-0.4, -0.2) is 41.3 Å². The summed E-state index contributed by atoms with van der Waals surface area (Å²) < 4.78 is 51.8. The number of hydrogen-bond acceptors (Lipinski definition) is 2. The Morgan fingerprint density at radius 3 is 2.43 bits per heavy atom. The third-order valence-corrected chi connectivity index (χ3v) is 4.12. The average Bonchev–Trinajstić information content (AvgIpc) is 2.88. The van der Waals surface area contributed by atoms with Crippen molar-refractivity contribution in [3.8, 4) is 0 Å². The number of carbonyl (C=O) groups is 2. The third-order valence-electron chi connectivity index (χ3n) is 3.52. The minimum absolute atomic E-state index is 0.0771. The Labute approximate surface area is 136 Å². The van der Waals surface area contributed by atoms with Crippen LogP contribution in [0.2, 0.25) is 0 Å². The Hall–Kier alpha value is -1.84. The number of nitrogens with zero attached hydrogens (tertiary/aromatic N) is 1. The molecule has 10 heteroatoms. The minimum Gasteiger partial charge on any atom is -0.481 e. The molecule has 1 aromatic carbocycles. The zero-order valence-corrected chi connectivity index (χ0v) is 13.0. The highest BCUT2D eigenvalue weighted by Crippen LogP contribution is 2.38. The monoisotopic (exact) mass is 398 g/mol. The smallest absolute Gasteiger partial charge is 0.394 e. The second kappa shape index (κ2) is 6.34. The van der Waals surface area contributed by atoms with Crippen LogP contribution in [0.15, 0.2) is 22.7 Å². The maximum absolute atomic E-state index is 13.1. The Morgan fingerprint density at radius 2 is 1.96 bits per heavy atom. The molecule has 2 amide bonds. The lowest BCUT2D eigenvalue weighted by Gasteiger charge is -2.18. The predicted octanol–water partition coefficient (Wildman–Crippen LogP) is 3.32. The number of amides is 2. The predicted molar refractivity (Wildman–Crippen MR) is 75.4 cm³/mol. The molecule has 23 heavy (non-hydrogen) atoms. The third kappa shape index (κ3) is 3.92. The molecule has 0 radical (unpaired) electrons. The summed E-state index contributed by atoms with van der Waals surface area (Å²) in [7, 11) is 0. The number of likely N-dealkylation sites (tertiary alicyclic amines) is 1. The summed E-state index contributed by atoms with van der Waals surface area (Å²) in [6, 6.07) is 2.69. The number of carboxylic acid groups (broad SMARTS) is 1. The van der Waals surface area contributed by atoms with E-state index in [9.17, 15) is 27.2 Å². The van der Waals surface area contributed by atoms with Gasteiger partial charge in [0.2, 0.25) is 0 Å². The number of benzene rings is 1. The number of nitrogens with one attached hydrogen (secondary N) is 1. The van der Waals surface area contributed by atoms with Crippen molar-refractivity contribution in [3.63, 3.8) is 0 Å². The maximum Gasteiger partial charge on any atom is 0.394 e. The molecule has 0 aliphatic carbocycles. The number of carboxylic acids is 1. The van der Waals surface area contributed by atoms with E-state index in [2.05, 4.69) is 21.2 Å². The van der Waals surface area contributed by atoms with Crippen molar-refractivity contribution in [2.24, 2.45) is 11.8 Å². The molecule has 2 atom stereocenters. The molecule has 0 saturated carbocycles. The molecule has 2 N–H and O–H groups in total. The molecular weight excluding hydrogens is 388 g/mol. The van der Waals surface area contributed by atoms with Crippen molar-refractivity contribution in [3.05, 3.63) is 28.5 Å². The van der Waals surface area contributed by atoms with Gasteiger partial charge >= 0.3 is 18.2 Å². The average molecular weight is 399 g/mol. The second-order valence-corrected chi connectivity index (χ2v) is 5.91. The Kier molecular flexibility index (Phi) is 4.83. The van der Waals surface area contributed by atoms with Crippen LogP contribution in [0.1, 0.15) is 0 Å². The molecule has 0 bridgehead atoms. The fraction of sp³-hybridized carbons (Fsp3) is 0.385. The van der Waals surface area contributed by atoms with E-state index in [1.54, 1.807) is 0 Å². The summed E-state index contributed by atoms with van der Waals surface area (Å²) in [5.74, 6) is -5.99. The lowest BCUT2D eigenvalue weighted by Crippen LogP contribution is -2.35. The zero-order valence-electron chi connectivity index (χ0n) is 11.4. The normalized spacial score (nSPS) is 21.3. The van der Waals surface area contributed by atoms with Crippen LogP contribution in [0.4, 0.5) is 28.0 Å². The molecule has 1 aliphatic heterocycles. The SMILES string of the molecule is O=C(O)[C@@H]1CN(C(=O)Nc2ccc(F)c(Br)c2)C[C@H]1C(F)(F)F. The summed E-state index contributed by atoms with van der Waals surface area (Å²) in [5.41, 5.74) is 0.172. The summed E-state index contributed by atoms with van der Waals surface area (Å²) in [5, 5.41) is 11.2. The lowest BCUT2D eigenvalue weighted by atomic mass is 9.96. The van der Waals surface area contributed by atoms with Gasteiger partial charge in [-0.25, -0.2) is 9.18 Å². The van der Waals surface area contributed by atoms with Crippen molar-refractivity contribution < 1.29 is 32.3 Å². The molecule has 1 aliphatic rings. The minimum atomic E-state index is -4.71. The van der Waals surface area contributed by atoms with Gasteiger partial charge in [-0.15, -0.1) is 0 Å². The number of anilines is 1. The van der Waals surface area contributed by atoms with Crippen molar-refractivity contribution >= 4 is 33.6 Å². The van der Waals surface area contributed by atoms with E-state index < -0.39 is 48.9 Å². The molecule has 1 aromatic rings. The van der Waals surface area contributed by atoms with E-state index in [4.69, 9.17) is 5.11 Å². The standard InChI is InChI=1S/C13H11BrF4N2O3/c14-9-3-6(1-2-10(9)15)19-12(23)20-4-7(11(21)22)8(5-20)13(16,17)18/h1-3,7-8H,4-5H2,(H,19,23)(H,21,22)/t7-,8-/m1/s1. The van der Waals surface area contributed by atoms with Gasteiger partial charge in [0.15, 0.2) is 0 Å².